The first-order valence-corrected chi connectivity index (χ1v) is 4.51. The predicted octanol–water partition coefficient (Wildman–Crippen LogP) is 3.40. The predicted molar refractivity (Wildman–Crippen MR) is 48.4 cm³/mol. The first-order valence-electron chi connectivity index (χ1n) is 2.92. The fourth-order valence-electron chi connectivity index (χ4n) is 0.693. The summed E-state index contributed by atoms with van der Waals surface area (Å²) >= 11 is 5.25. The van der Waals surface area contributed by atoms with Crippen molar-refractivity contribution in [2.24, 2.45) is 0 Å². The first-order chi connectivity index (χ1) is 5.95. The van der Waals surface area contributed by atoms with Gasteiger partial charge in [-0.05, 0) is 31.9 Å². The molecule has 0 aliphatic carbocycles. The minimum Gasteiger partial charge on any atom is -0.258 e. The second-order valence-corrected chi connectivity index (χ2v) is 3.72. The normalized spacial score (nSPS) is 10.2. The summed E-state index contributed by atoms with van der Waals surface area (Å²) in [6.45, 7) is 0. The number of nitro groups is 1. The molecule has 0 radical (unpaired) electrons. The highest BCUT2D eigenvalue weighted by Crippen LogP contribution is 2.33. The SMILES string of the molecule is O=[N+]([O-])c1cc(Br)c(F)c(F)c1Br. The number of hydrogen-bond acceptors (Lipinski definition) is 2. The summed E-state index contributed by atoms with van der Waals surface area (Å²) in [5.74, 6) is -2.43. The van der Waals surface area contributed by atoms with E-state index in [0.717, 1.165) is 6.07 Å². The van der Waals surface area contributed by atoms with Crippen LogP contribution in [0.2, 0.25) is 0 Å². The van der Waals surface area contributed by atoms with Gasteiger partial charge >= 0.3 is 0 Å². The maximum Gasteiger partial charge on any atom is 0.287 e. The summed E-state index contributed by atoms with van der Waals surface area (Å²) in [6, 6.07) is 0.891. The number of rotatable bonds is 1. The fraction of sp³-hybridized carbons (Fsp3) is 0. The number of benzene rings is 1. The molecule has 1 aromatic carbocycles. The lowest BCUT2D eigenvalue weighted by Crippen LogP contribution is -1.95. The topological polar surface area (TPSA) is 43.1 Å². The molecule has 0 bridgehead atoms. The highest BCUT2D eigenvalue weighted by Gasteiger charge is 2.22. The van der Waals surface area contributed by atoms with E-state index < -0.39 is 26.7 Å². The van der Waals surface area contributed by atoms with Gasteiger partial charge in [-0.3, -0.25) is 10.1 Å². The van der Waals surface area contributed by atoms with Gasteiger partial charge in [-0.1, -0.05) is 0 Å². The van der Waals surface area contributed by atoms with Gasteiger partial charge in [0.05, 0.1) is 9.40 Å². The maximum atomic E-state index is 12.9. The van der Waals surface area contributed by atoms with E-state index in [1.807, 2.05) is 0 Å². The van der Waals surface area contributed by atoms with E-state index in [0.29, 0.717) is 0 Å². The Bertz CT molecular complexity index is 383. The molecule has 0 aromatic heterocycles. The highest BCUT2D eigenvalue weighted by atomic mass is 79.9. The molecule has 0 N–H and O–H groups in total. The fourth-order valence-corrected chi connectivity index (χ4v) is 1.52. The Labute approximate surface area is 88.2 Å². The van der Waals surface area contributed by atoms with Crippen LogP contribution in [-0.2, 0) is 0 Å². The first kappa shape index (κ1) is 10.5. The van der Waals surface area contributed by atoms with Crippen LogP contribution in [-0.4, -0.2) is 4.92 Å². The van der Waals surface area contributed by atoms with Crippen molar-refractivity contribution in [2.45, 2.75) is 0 Å². The summed E-state index contributed by atoms with van der Waals surface area (Å²) in [6.07, 6.45) is 0. The zero-order valence-corrected chi connectivity index (χ0v) is 9.02. The number of nitro benzene ring substituents is 1. The third-order valence-electron chi connectivity index (χ3n) is 1.28. The Hall–Kier alpha value is -0.560. The van der Waals surface area contributed by atoms with Crippen LogP contribution in [0, 0.1) is 21.7 Å². The van der Waals surface area contributed by atoms with Crippen LogP contribution in [0.1, 0.15) is 0 Å². The molecule has 7 heteroatoms. The summed E-state index contributed by atoms with van der Waals surface area (Å²) in [5.41, 5.74) is -0.522. The van der Waals surface area contributed by atoms with Gasteiger partial charge in [0.25, 0.3) is 5.69 Å². The Morgan fingerprint density at radius 3 is 2.31 bits per heavy atom. The average Bonchev–Trinajstić information content (AvgIpc) is 2.07. The van der Waals surface area contributed by atoms with Crippen molar-refractivity contribution in [2.75, 3.05) is 0 Å². The van der Waals surface area contributed by atoms with E-state index in [-0.39, 0.29) is 4.47 Å². The van der Waals surface area contributed by atoms with Crippen LogP contribution in [0.4, 0.5) is 14.5 Å². The molecular weight excluding hydrogens is 316 g/mol. The Kier molecular flexibility index (Phi) is 2.97. The van der Waals surface area contributed by atoms with Crippen molar-refractivity contribution in [3.8, 4) is 0 Å². The molecule has 0 aliphatic rings. The molecule has 0 heterocycles. The Morgan fingerprint density at radius 1 is 1.31 bits per heavy atom. The lowest BCUT2D eigenvalue weighted by atomic mass is 10.3. The number of hydrogen-bond donors (Lipinski definition) is 0. The molecular formula is C6HBr2F2NO2. The van der Waals surface area contributed by atoms with Crippen LogP contribution >= 0.6 is 31.9 Å². The maximum absolute atomic E-state index is 12.9. The van der Waals surface area contributed by atoms with Crippen molar-refractivity contribution < 1.29 is 13.7 Å². The molecule has 0 amide bonds. The van der Waals surface area contributed by atoms with Gasteiger partial charge in [0.1, 0.15) is 4.47 Å². The second kappa shape index (κ2) is 3.67. The van der Waals surface area contributed by atoms with Crippen molar-refractivity contribution in [3.05, 3.63) is 36.8 Å². The summed E-state index contributed by atoms with van der Waals surface area (Å²) in [4.78, 5) is 9.49. The minimum absolute atomic E-state index is 0.278. The van der Waals surface area contributed by atoms with Crippen molar-refractivity contribution in [1.29, 1.82) is 0 Å². The van der Waals surface area contributed by atoms with Crippen LogP contribution < -0.4 is 0 Å². The van der Waals surface area contributed by atoms with Crippen molar-refractivity contribution in [1.82, 2.24) is 0 Å². The molecule has 0 saturated heterocycles. The quantitative estimate of drug-likeness (QED) is 0.345. The molecule has 13 heavy (non-hydrogen) atoms. The van der Waals surface area contributed by atoms with Gasteiger partial charge in [-0.2, -0.15) is 0 Å². The van der Waals surface area contributed by atoms with E-state index >= 15 is 0 Å². The number of nitrogens with zero attached hydrogens (tertiary/aromatic N) is 1. The molecule has 70 valence electrons. The van der Waals surface area contributed by atoms with Gasteiger partial charge in [-0.15, -0.1) is 0 Å². The standard InChI is InChI=1S/C6HBr2F2NO2/c7-2-1-3(11(12)13)4(8)6(10)5(2)9/h1H. The van der Waals surface area contributed by atoms with E-state index in [4.69, 9.17) is 0 Å². The summed E-state index contributed by atoms with van der Waals surface area (Å²) < 4.78 is 24.9. The van der Waals surface area contributed by atoms with Crippen LogP contribution in [0.15, 0.2) is 15.0 Å². The van der Waals surface area contributed by atoms with Gasteiger partial charge in [0.2, 0.25) is 0 Å². The largest absolute Gasteiger partial charge is 0.287 e. The van der Waals surface area contributed by atoms with Gasteiger partial charge in [0.15, 0.2) is 11.6 Å². The van der Waals surface area contributed by atoms with Crippen LogP contribution in [0.3, 0.4) is 0 Å². The van der Waals surface area contributed by atoms with E-state index in [1.165, 1.54) is 0 Å². The molecule has 0 spiro atoms. The molecule has 0 saturated carbocycles. The molecule has 1 aromatic rings. The zero-order valence-electron chi connectivity index (χ0n) is 5.85. The van der Waals surface area contributed by atoms with Crippen LogP contribution in [0.25, 0.3) is 0 Å². The molecule has 1 rings (SSSR count). The summed E-state index contributed by atoms with van der Waals surface area (Å²) in [5, 5.41) is 10.3. The Balaban J connectivity index is 3.50. The molecule has 0 aliphatic heterocycles. The third kappa shape index (κ3) is 1.86. The van der Waals surface area contributed by atoms with E-state index in [2.05, 4.69) is 31.9 Å². The minimum atomic E-state index is -1.28. The molecule has 0 unspecified atom stereocenters. The van der Waals surface area contributed by atoms with E-state index in [9.17, 15) is 18.9 Å². The van der Waals surface area contributed by atoms with Crippen molar-refractivity contribution in [3.63, 3.8) is 0 Å². The highest BCUT2D eigenvalue weighted by molar-refractivity contribution is 9.11. The lowest BCUT2D eigenvalue weighted by molar-refractivity contribution is -0.386. The molecule has 0 atom stereocenters. The summed E-state index contributed by atoms with van der Waals surface area (Å²) in [7, 11) is 0. The second-order valence-electron chi connectivity index (χ2n) is 2.08. The zero-order chi connectivity index (χ0) is 10.2. The Morgan fingerprint density at radius 2 is 1.85 bits per heavy atom. The molecule has 3 nitrogen and oxygen atoms in total. The smallest absolute Gasteiger partial charge is 0.258 e. The van der Waals surface area contributed by atoms with Gasteiger partial charge in [-0.25, -0.2) is 8.78 Å². The third-order valence-corrected chi connectivity index (χ3v) is 2.61. The van der Waals surface area contributed by atoms with Crippen LogP contribution in [0.5, 0.6) is 0 Å². The van der Waals surface area contributed by atoms with Gasteiger partial charge < -0.3 is 0 Å². The van der Waals surface area contributed by atoms with E-state index in [1.54, 1.807) is 0 Å². The van der Waals surface area contributed by atoms with Gasteiger partial charge in [0, 0.05) is 6.07 Å². The lowest BCUT2D eigenvalue weighted by Gasteiger charge is -2.00. The average molecular weight is 317 g/mol. The van der Waals surface area contributed by atoms with Crippen molar-refractivity contribution >= 4 is 37.5 Å². The molecule has 0 fully saturated rings. The number of halogens is 4. The monoisotopic (exact) mass is 315 g/mol.